The number of quaternary nitrogens is 1. The molecular weight excluding hydrogens is 284 g/mol. The Kier molecular flexibility index (Phi) is 5.09. The first kappa shape index (κ1) is 15.8. The molecule has 0 spiro atoms. The normalized spacial score (nSPS) is 20.9. The average Bonchev–Trinajstić information content (AvgIpc) is 2.58. The van der Waals surface area contributed by atoms with Crippen LogP contribution < -0.4 is 10.2 Å². The molecule has 1 aliphatic rings. The number of anilines is 1. The van der Waals surface area contributed by atoms with E-state index in [0.29, 0.717) is 12.6 Å². The van der Waals surface area contributed by atoms with Gasteiger partial charge in [-0.25, -0.2) is 0 Å². The molecule has 2 aromatic rings. The van der Waals surface area contributed by atoms with Crippen molar-refractivity contribution in [3.63, 3.8) is 0 Å². The summed E-state index contributed by atoms with van der Waals surface area (Å²) in [5, 5.41) is 3.03. The Morgan fingerprint density at radius 3 is 2.43 bits per heavy atom. The Hall–Kier alpha value is -2.13. The van der Waals surface area contributed by atoms with Crippen LogP contribution in [0, 0.1) is 0 Å². The Labute approximate surface area is 138 Å². The molecule has 2 N–H and O–H groups in total. The predicted octanol–water partition coefficient (Wildman–Crippen LogP) is 2.75. The molecule has 3 nitrogen and oxygen atoms in total. The van der Waals surface area contributed by atoms with Crippen LogP contribution in [-0.2, 0) is 4.79 Å². The lowest BCUT2D eigenvalue weighted by atomic mass is 10.0. The van der Waals surface area contributed by atoms with Crippen molar-refractivity contribution in [3.05, 3.63) is 54.6 Å². The zero-order valence-corrected chi connectivity index (χ0v) is 13.7. The minimum atomic E-state index is 0.112. The molecule has 1 aliphatic heterocycles. The molecule has 3 rings (SSSR count). The SMILES string of the molecule is C[C@@H]1CCCC[NH+]1CC(=O)Nc1ccc(-c2ccccc2)cc1. The number of carbonyl (C=O) groups excluding carboxylic acids is 1. The number of benzene rings is 2. The number of likely N-dealkylation sites (tertiary alicyclic amines) is 1. The summed E-state index contributed by atoms with van der Waals surface area (Å²) in [7, 11) is 0. The number of nitrogens with one attached hydrogen (secondary N) is 2. The van der Waals surface area contributed by atoms with Gasteiger partial charge in [0.05, 0.1) is 12.6 Å². The molecule has 1 heterocycles. The average molecular weight is 309 g/mol. The first-order valence-electron chi connectivity index (χ1n) is 8.52. The van der Waals surface area contributed by atoms with Gasteiger partial charge in [-0.1, -0.05) is 42.5 Å². The van der Waals surface area contributed by atoms with E-state index in [1.54, 1.807) is 0 Å². The molecule has 1 fully saturated rings. The first-order valence-corrected chi connectivity index (χ1v) is 8.52. The molecular formula is C20H25N2O+. The second-order valence-corrected chi connectivity index (χ2v) is 6.47. The third-order valence-electron chi connectivity index (χ3n) is 4.75. The summed E-state index contributed by atoms with van der Waals surface area (Å²) < 4.78 is 0. The van der Waals surface area contributed by atoms with Crippen molar-refractivity contribution < 1.29 is 9.69 Å². The highest BCUT2D eigenvalue weighted by Crippen LogP contribution is 2.20. The van der Waals surface area contributed by atoms with Gasteiger partial charge in [0.2, 0.25) is 0 Å². The van der Waals surface area contributed by atoms with E-state index in [1.807, 2.05) is 30.3 Å². The molecule has 0 bridgehead atoms. The maximum Gasteiger partial charge on any atom is 0.279 e. The minimum Gasteiger partial charge on any atom is -0.325 e. The number of carbonyl (C=O) groups is 1. The van der Waals surface area contributed by atoms with Gasteiger partial charge < -0.3 is 10.2 Å². The van der Waals surface area contributed by atoms with Crippen molar-refractivity contribution in [2.24, 2.45) is 0 Å². The fraction of sp³-hybridized carbons (Fsp3) is 0.350. The molecule has 2 atom stereocenters. The third kappa shape index (κ3) is 4.20. The largest absolute Gasteiger partial charge is 0.325 e. The second-order valence-electron chi connectivity index (χ2n) is 6.47. The molecule has 0 aromatic heterocycles. The van der Waals surface area contributed by atoms with Gasteiger partial charge in [-0.05, 0) is 49.4 Å². The summed E-state index contributed by atoms with van der Waals surface area (Å²) in [5.41, 5.74) is 3.23. The molecule has 3 heteroatoms. The molecule has 0 saturated carbocycles. The van der Waals surface area contributed by atoms with Crippen molar-refractivity contribution in [1.82, 2.24) is 0 Å². The zero-order chi connectivity index (χ0) is 16.1. The van der Waals surface area contributed by atoms with Crippen LogP contribution in [0.5, 0.6) is 0 Å². The molecule has 120 valence electrons. The Morgan fingerprint density at radius 1 is 1.04 bits per heavy atom. The van der Waals surface area contributed by atoms with Gasteiger partial charge >= 0.3 is 0 Å². The van der Waals surface area contributed by atoms with E-state index in [2.05, 4.69) is 36.5 Å². The van der Waals surface area contributed by atoms with Gasteiger partial charge in [0.15, 0.2) is 6.54 Å². The van der Waals surface area contributed by atoms with Gasteiger partial charge in [-0.3, -0.25) is 4.79 Å². The van der Waals surface area contributed by atoms with E-state index >= 15 is 0 Å². The Balaban J connectivity index is 1.58. The highest BCUT2D eigenvalue weighted by atomic mass is 16.2. The van der Waals surface area contributed by atoms with Gasteiger partial charge in [0, 0.05) is 5.69 Å². The van der Waals surface area contributed by atoms with Crippen molar-refractivity contribution in [2.75, 3.05) is 18.4 Å². The van der Waals surface area contributed by atoms with Gasteiger partial charge in [0.25, 0.3) is 5.91 Å². The van der Waals surface area contributed by atoms with Crippen LogP contribution in [0.15, 0.2) is 54.6 Å². The van der Waals surface area contributed by atoms with E-state index in [0.717, 1.165) is 12.2 Å². The summed E-state index contributed by atoms with van der Waals surface area (Å²) in [6, 6.07) is 18.9. The molecule has 0 aliphatic carbocycles. The second kappa shape index (κ2) is 7.42. The number of rotatable bonds is 4. The predicted molar refractivity (Wildman–Crippen MR) is 94.5 cm³/mol. The van der Waals surface area contributed by atoms with Crippen LogP contribution in [0.3, 0.4) is 0 Å². The van der Waals surface area contributed by atoms with Crippen LogP contribution in [-0.4, -0.2) is 25.0 Å². The van der Waals surface area contributed by atoms with E-state index in [-0.39, 0.29) is 5.91 Å². The van der Waals surface area contributed by atoms with Crippen molar-refractivity contribution in [3.8, 4) is 11.1 Å². The lowest BCUT2D eigenvalue weighted by Gasteiger charge is -2.29. The quantitative estimate of drug-likeness (QED) is 0.894. The zero-order valence-electron chi connectivity index (χ0n) is 13.7. The molecule has 1 unspecified atom stereocenters. The van der Waals surface area contributed by atoms with E-state index in [9.17, 15) is 4.79 Å². The Morgan fingerprint density at radius 2 is 1.74 bits per heavy atom. The lowest BCUT2D eigenvalue weighted by molar-refractivity contribution is -0.920. The number of amides is 1. The summed E-state index contributed by atoms with van der Waals surface area (Å²) in [6.07, 6.45) is 3.76. The van der Waals surface area contributed by atoms with Gasteiger partial charge in [0.1, 0.15) is 0 Å². The van der Waals surface area contributed by atoms with Crippen molar-refractivity contribution in [2.45, 2.75) is 32.2 Å². The molecule has 23 heavy (non-hydrogen) atoms. The third-order valence-corrected chi connectivity index (χ3v) is 4.75. The molecule has 0 radical (unpaired) electrons. The monoisotopic (exact) mass is 309 g/mol. The highest BCUT2D eigenvalue weighted by Gasteiger charge is 2.24. The maximum atomic E-state index is 12.2. The van der Waals surface area contributed by atoms with Crippen LogP contribution in [0.4, 0.5) is 5.69 Å². The van der Waals surface area contributed by atoms with Crippen LogP contribution >= 0.6 is 0 Å². The summed E-state index contributed by atoms with van der Waals surface area (Å²) >= 11 is 0. The van der Waals surface area contributed by atoms with E-state index in [4.69, 9.17) is 0 Å². The number of hydrogen-bond acceptors (Lipinski definition) is 1. The molecule has 1 amide bonds. The van der Waals surface area contributed by atoms with Crippen LogP contribution in [0.2, 0.25) is 0 Å². The van der Waals surface area contributed by atoms with Crippen LogP contribution in [0.1, 0.15) is 26.2 Å². The lowest BCUT2D eigenvalue weighted by Crippen LogP contribution is -3.17. The highest BCUT2D eigenvalue weighted by molar-refractivity contribution is 5.91. The van der Waals surface area contributed by atoms with Crippen molar-refractivity contribution in [1.29, 1.82) is 0 Å². The fourth-order valence-corrected chi connectivity index (χ4v) is 3.30. The molecule has 2 aromatic carbocycles. The van der Waals surface area contributed by atoms with Crippen molar-refractivity contribution >= 4 is 11.6 Å². The summed E-state index contributed by atoms with van der Waals surface area (Å²) in [6.45, 7) is 3.93. The number of hydrogen-bond donors (Lipinski definition) is 2. The molecule has 1 saturated heterocycles. The van der Waals surface area contributed by atoms with Gasteiger partial charge in [-0.15, -0.1) is 0 Å². The van der Waals surface area contributed by atoms with E-state index < -0.39 is 0 Å². The Bertz CT molecular complexity index is 636. The number of piperidine rings is 1. The fourth-order valence-electron chi connectivity index (χ4n) is 3.30. The van der Waals surface area contributed by atoms with Gasteiger partial charge in [-0.2, -0.15) is 0 Å². The van der Waals surface area contributed by atoms with E-state index in [1.165, 1.54) is 35.3 Å². The smallest absolute Gasteiger partial charge is 0.279 e. The minimum absolute atomic E-state index is 0.112. The topological polar surface area (TPSA) is 33.5 Å². The first-order chi connectivity index (χ1) is 11.2. The summed E-state index contributed by atoms with van der Waals surface area (Å²) in [4.78, 5) is 13.7. The van der Waals surface area contributed by atoms with Crippen LogP contribution in [0.25, 0.3) is 11.1 Å². The standard InChI is InChI=1S/C20H24N2O/c1-16-7-5-6-14-22(16)15-20(23)21-19-12-10-18(11-13-19)17-8-3-2-4-9-17/h2-4,8-13,16H,5-7,14-15H2,1H3,(H,21,23)/p+1/t16-/m1/s1. The summed E-state index contributed by atoms with van der Waals surface area (Å²) in [5.74, 6) is 0.112. The maximum absolute atomic E-state index is 12.2.